The molecule has 0 aliphatic carbocycles. The molecule has 0 saturated carbocycles. The SMILES string of the molecule is O=C(c1cccnc1SC(F)F)N1CCN(Cc2ccc(Br)s2)CC1. The maximum atomic E-state index is 12.7. The van der Waals surface area contributed by atoms with Gasteiger partial charge in [-0.05, 0) is 52.0 Å². The first kappa shape index (κ1) is 18.8. The van der Waals surface area contributed by atoms with E-state index in [1.807, 2.05) is 6.07 Å². The summed E-state index contributed by atoms with van der Waals surface area (Å²) in [6.07, 6.45) is 1.43. The number of rotatable bonds is 5. The highest BCUT2D eigenvalue weighted by Crippen LogP contribution is 2.28. The fourth-order valence-electron chi connectivity index (χ4n) is 2.67. The summed E-state index contributed by atoms with van der Waals surface area (Å²) >= 11 is 5.48. The molecule has 9 heteroatoms. The molecule has 134 valence electrons. The molecule has 0 unspecified atom stereocenters. The van der Waals surface area contributed by atoms with Crippen molar-refractivity contribution in [2.24, 2.45) is 0 Å². The Morgan fingerprint density at radius 1 is 1.28 bits per heavy atom. The normalized spacial score (nSPS) is 15.8. The molecule has 3 rings (SSSR count). The lowest BCUT2D eigenvalue weighted by atomic mass is 10.2. The van der Waals surface area contributed by atoms with Crippen molar-refractivity contribution in [1.29, 1.82) is 0 Å². The zero-order valence-corrected chi connectivity index (χ0v) is 16.4. The van der Waals surface area contributed by atoms with Gasteiger partial charge in [-0.1, -0.05) is 0 Å². The van der Waals surface area contributed by atoms with Gasteiger partial charge in [0.05, 0.1) is 9.35 Å². The van der Waals surface area contributed by atoms with Gasteiger partial charge in [-0.3, -0.25) is 9.69 Å². The lowest BCUT2D eigenvalue weighted by Crippen LogP contribution is -2.48. The molecule has 1 fully saturated rings. The monoisotopic (exact) mass is 447 g/mol. The van der Waals surface area contributed by atoms with Gasteiger partial charge >= 0.3 is 0 Å². The third-order valence-electron chi connectivity index (χ3n) is 3.87. The topological polar surface area (TPSA) is 36.4 Å². The summed E-state index contributed by atoms with van der Waals surface area (Å²) in [4.78, 5) is 21.9. The second-order valence-electron chi connectivity index (χ2n) is 5.51. The van der Waals surface area contributed by atoms with Gasteiger partial charge in [-0.2, -0.15) is 8.78 Å². The number of amides is 1. The number of carbonyl (C=O) groups excluding carboxylic acids is 1. The number of alkyl halides is 2. The minimum atomic E-state index is -2.59. The number of carbonyl (C=O) groups is 1. The Hall–Kier alpha value is -1.03. The zero-order chi connectivity index (χ0) is 17.8. The van der Waals surface area contributed by atoms with Crippen LogP contribution in [0.3, 0.4) is 0 Å². The Labute approximate surface area is 161 Å². The van der Waals surface area contributed by atoms with Crippen molar-refractivity contribution in [2.45, 2.75) is 17.3 Å². The summed E-state index contributed by atoms with van der Waals surface area (Å²) in [5, 5.41) is 0.0911. The van der Waals surface area contributed by atoms with E-state index in [9.17, 15) is 13.6 Å². The van der Waals surface area contributed by atoms with Crippen LogP contribution >= 0.6 is 39.0 Å². The highest BCUT2D eigenvalue weighted by molar-refractivity contribution is 9.11. The van der Waals surface area contributed by atoms with Crippen LogP contribution < -0.4 is 0 Å². The Morgan fingerprint density at radius 2 is 2.04 bits per heavy atom. The quantitative estimate of drug-likeness (QED) is 0.644. The Balaban J connectivity index is 1.60. The van der Waals surface area contributed by atoms with E-state index < -0.39 is 5.76 Å². The van der Waals surface area contributed by atoms with E-state index in [1.165, 1.54) is 11.1 Å². The fraction of sp³-hybridized carbons (Fsp3) is 0.375. The largest absolute Gasteiger partial charge is 0.336 e. The van der Waals surface area contributed by atoms with E-state index in [0.717, 1.165) is 23.4 Å². The molecule has 0 N–H and O–H groups in total. The molecule has 4 nitrogen and oxygen atoms in total. The molecule has 2 aromatic rings. The maximum Gasteiger partial charge on any atom is 0.290 e. The van der Waals surface area contributed by atoms with Crippen LogP contribution in [0.1, 0.15) is 15.2 Å². The van der Waals surface area contributed by atoms with E-state index in [-0.39, 0.29) is 16.5 Å². The van der Waals surface area contributed by atoms with Gasteiger partial charge in [-0.25, -0.2) is 4.98 Å². The molecule has 0 aromatic carbocycles. The third-order valence-corrected chi connectivity index (χ3v) is 6.21. The van der Waals surface area contributed by atoms with Gasteiger partial charge in [0, 0.05) is 43.8 Å². The van der Waals surface area contributed by atoms with Crippen molar-refractivity contribution in [3.8, 4) is 0 Å². The van der Waals surface area contributed by atoms with E-state index in [2.05, 4.69) is 31.9 Å². The van der Waals surface area contributed by atoms with Crippen LogP contribution in [0.5, 0.6) is 0 Å². The first-order valence-electron chi connectivity index (χ1n) is 7.68. The summed E-state index contributed by atoms with van der Waals surface area (Å²) in [7, 11) is 0. The smallest absolute Gasteiger partial charge is 0.290 e. The first-order chi connectivity index (χ1) is 12.0. The summed E-state index contributed by atoms with van der Waals surface area (Å²) in [5.74, 6) is -2.82. The van der Waals surface area contributed by atoms with Crippen LogP contribution in [0, 0.1) is 0 Å². The molecule has 1 aliphatic rings. The summed E-state index contributed by atoms with van der Waals surface area (Å²) < 4.78 is 26.4. The molecule has 0 bridgehead atoms. The summed E-state index contributed by atoms with van der Waals surface area (Å²) in [6, 6.07) is 7.30. The molecule has 0 radical (unpaired) electrons. The minimum Gasteiger partial charge on any atom is -0.336 e. The van der Waals surface area contributed by atoms with Crippen molar-refractivity contribution in [3.05, 3.63) is 44.7 Å². The second kappa shape index (κ2) is 8.57. The van der Waals surface area contributed by atoms with Gasteiger partial charge < -0.3 is 4.90 Å². The molecule has 25 heavy (non-hydrogen) atoms. The Morgan fingerprint density at radius 3 is 2.68 bits per heavy atom. The fourth-order valence-corrected chi connectivity index (χ4v) is 4.77. The number of nitrogens with zero attached hydrogens (tertiary/aromatic N) is 3. The third kappa shape index (κ3) is 4.99. The van der Waals surface area contributed by atoms with E-state index in [1.54, 1.807) is 28.4 Å². The van der Waals surface area contributed by atoms with E-state index >= 15 is 0 Å². The van der Waals surface area contributed by atoms with Crippen LogP contribution in [0.2, 0.25) is 0 Å². The predicted octanol–water partition coefficient (Wildman–Crippen LogP) is 4.18. The number of piperazine rings is 1. The van der Waals surface area contributed by atoms with Crippen LogP contribution in [0.4, 0.5) is 8.78 Å². The average Bonchev–Trinajstić information content (AvgIpc) is 3.00. The molecular formula is C16H16BrF2N3OS2. The van der Waals surface area contributed by atoms with Crippen LogP contribution in [0.15, 0.2) is 39.3 Å². The summed E-state index contributed by atoms with van der Waals surface area (Å²) in [6.45, 7) is 3.55. The average molecular weight is 448 g/mol. The number of pyridine rings is 1. The van der Waals surface area contributed by atoms with Crippen molar-refractivity contribution in [2.75, 3.05) is 26.2 Å². The number of hydrogen-bond donors (Lipinski definition) is 0. The van der Waals surface area contributed by atoms with Gasteiger partial charge in [0.1, 0.15) is 5.03 Å². The van der Waals surface area contributed by atoms with Gasteiger partial charge in [-0.15, -0.1) is 11.3 Å². The van der Waals surface area contributed by atoms with Gasteiger partial charge in [0.15, 0.2) is 0 Å². The highest BCUT2D eigenvalue weighted by atomic mass is 79.9. The van der Waals surface area contributed by atoms with E-state index in [4.69, 9.17) is 0 Å². The standard InChI is InChI=1S/C16H16BrF2N3OS2/c17-13-4-3-11(24-13)10-21-6-8-22(9-7-21)15(23)12-2-1-5-20-14(12)25-16(18)19/h1-5,16H,6-10H2. The lowest BCUT2D eigenvalue weighted by molar-refractivity contribution is 0.0625. The number of hydrogen-bond acceptors (Lipinski definition) is 5. The van der Waals surface area contributed by atoms with Crippen molar-refractivity contribution >= 4 is 44.9 Å². The molecule has 0 atom stereocenters. The Bertz CT molecular complexity index is 736. The molecule has 0 spiro atoms. The zero-order valence-electron chi connectivity index (χ0n) is 13.2. The number of aromatic nitrogens is 1. The van der Waals surface area contributed by atoms with Crippen LogP contribution in [-0.4, -0.2) is 52.6 Å². The minimum absolute atomic E-state index is 0.0911. The summed E-state index contributed by atoms with van der Waals surface area (Å²) in [5.41, 5.74) is 0.253. The van der Waals surface area contributed by atoms with Crippen molar-refractivity contribution in [1.82, 2.24) is 14.8 Å². The first-order valence-corrected chi connectivity index (χ1v) is 10.2. The maximum absolute atomic E-state index is 12.7. The van der Waals surface area contributed by atoms with Crippen LogP contribution in [0.25, 0.3) is 0 Å². The predicted molar refractivity (Wildman–Crippen MR) is 99.3 cm³/mol. The van der Waals surface area contributed by atoms with Gasteiger partial charge in [0.2, 0.25) is 0 Å². The second-order valence-corrected chi connectivity index (χ2v) is 9.04. The molecule has 1 aliphatic heterocycles. The molecule has 1 amide bonds. The van der Waals surface area contributed by atoms with Crippen molar-refractivity contribution < 1.29 is 13.6 Å². The molecular weight excluding hydrogens is 432 g/mol. The Kier molecular flexibility index (Phi) is 6.43. The van der Waals surface area contributed by atoms with Gasteiger partial charge in [0.25, 0.3) is 11.7 Å². The highest BCUT2D eigenvalue weighted by Gasteiger charge is 2.25. The van der Waals surface area contributed by atoms with Crippen molar-refractivity contribution in [3.63, 3.8) is 0 Å². The molecule has 3 heterocycles. The molecule has 2 aromatic heterocycles. The number of halogens is 3. The number of thioether (sulfide) groups is 1. The number of thiophene rings is 1. The molecule has 1 saturated heterocycles. The van der Waals surface area contributed by atoms with Crippen LogP contribution in [-0.2, 0) is 6.54 Å². The lowest BCUT2D eigenvalue weighted by Gasteiger charge is -2.34. The van der Waals surface area contributed by atoms with E-state index in [0.29, 0.717) is 24.9 Å².